The van der Waals surface area contributed by atoms with Crippen LogP contribution < -0.4 is 25.4 Å². The Balaban J connectivity index is 1.03. The largest absolute Gasteiger partial charge is 0.493 e. The van der Waals surface area contributed by atoms with Gasteiger partial charge in [-0.1, -0.05) is 26.0 Å². The number of carbonyl (C=O) groups excluding carboxylic acids is 4. The summed E-state index contributed by atoms with van der Waals surface area (Å²) in [5.74, 6) is -0.760. The molecule has 66 heavy (non-hydrogen) atoms. The molecule has 0 aliphatic carbocycles. The number of rotatable bonds is 34. The molecule has 1 unspecified atom stereocenters. The fraction of sp³-hybridized carbons (Fsp3) is 0.596. The third kappa shape index (κ3) is 18.4. The van der Waals surface area contributed by atoms with Gasteiger partial charge in [0.05, 0.1) is 131 Å². The van der Waals surface area contributed by atoms with Gasteiger partial charge in [0.2, 0.25) is 17.7 Å². The van der Waals surface area contributed by atoms with Gasteiger partial charge in [-0.25, -0.2) is 0 Å². The summed E-state index contributed by atoms with van der Waals surface area (Å²) in [7, 11) is 3.05. The van der Waals surface area contributed by atoms with Crippen molar-refractivity contribution in [2.24, 2.45) is 10.9 Å². The van der Waals surface area contributed by atoms with E-state index >= 15 is 0 Å². The fourth-order valence-corrected chi connectivity index (χ4v) is 6.63. The molecule has 4 amide bonds. The van der Waals surface area contributed by atoms with Gasteiger partial charge in [-0.2, -0.15) is 0 Å². The second kappa shape index (κ2) is 30.3. The third-order valence-electron chi connectivity index (χ3n) is 10.3. The zero-order valence-corrected chi connectivity index (χ0v) is 39.3. The predicted molar refractivity (Wildman–Crippen MR) is 247 cm³/mol. The van der Waals surface area contributed by atoms with Crippen molar-refractivity contribution < 1.29 is 66.5 Å². The number of nitrogens with zero attached hydrogens (tertiary/aromatic N) is 2. The van der Waals surface area contributed by atoms with Crippen molar-refractivity contribution in [1.82, 2.24) is 15.5 Å². The number of hydrogen-bond donors (Lipinski definition) is 3. The maximum absolute atomic E-state index is 13.6. The van der Waals surface area contributed by atoms with E-state index < -0.39 is 23.9 Å². The van der Waals surface area contributed by atoms with Crippen molar-refractivity contribution in [1.29, 1.82) is 0 Å². The Morgan fingerprint density at radius 3 is 1.68 bits per heavy atom. The summed E-state index contributed by atoms with van der Waals surface area (Å²) in [5.41, 5.74) is 3.27. The molecule has 2 aliphatic heterocycles. The first kappa shape index (κ1) is 53.6. The average molecular weight is 928 g/mol. The van der Waals surface area contributed by atoms with Crippen LogP contribution in [-0.2, 0) is 52.3 Å². The Morgan fingerprint density at radius 1 is 0.682 bits per heavy atom. The standard InChI is InChI=1S/C47H69N5O14/c1-7-59-14-15-61-18-19-63-22-23-65-26-27-66-25-24-64-21-20-62-17-16-60-13-12-43(53)51-44(33(2)3)46(55)49-34(4)45(54)50-37-10-8-35(9-11-37)36-28-38-31-48-40-30-42(58-6)41(57-5)29-39(40)47(56)52(38)32-36/h8-11,29-34,38,44H,7,12-28H2,1-6H3,(H,49,55)(H,50,54)(H,51,53)/t34-,38-,44?/m0/s1. The molecule has 0 spiro atoms. The van der Waals surface area contributed by atoms with Crippen molar-refractivity contribution in [2.75, 3.05) is 125 Å². The summed E-state index contributed by atoms with van der Waals surface area (Å²) < 4.78 is 54.3. The summed E-state index contributed by atoms with van der Waals surface area (Å²) >= 11 is 0. The molecule has 0 aromatic heterocycles. The molecular weight excluding hydrogens is 859 g/mol. The van der Waals surface area contributed by atoms with Crippen molar-refractivity contribution in [3.05, 3.63) is 53.7 Å². The molecule has 4 rings (SSSR count). The zero-order valence-electron chi connectivity index (χ0n) is 39.3. The van der Waals surface area contributed by atoms with E-state index in [9.17, 15) is 19.2 Å². The van der Waals surface area contributed by atoms with Crippen LogP contribution in [0.5, 0.6) is 11.5 Å². The zero-order chi connectivity index (χ0) is 47.5. The molecular formula is C47H69N5O14. The first-order valence-electron chi connectivity index (χ1n) is 22.5. The minimum Gasteiger partial charge on any atom is -0.493 e. The Bertz CT molecular complexity index is 1860. The number of benzene rings is 2. The first-order valence-corrected chi connectivity index (χ1v) is 22.5. The van der Waals surface area contributed by atoms with Crippen LogP contribution in [0.1, 0.15) is 56.5 Å². The molecule has 0 radical (unpaired) electrons. The van der Waals surface area contributed by atoms with Crippen LogP contribution in [-0.4, -0.2) is 173 Å². The monoisotopic (exact) mass is 927 g/mol. The van der Waals surface area contributed by atoms with Gasteiger partial charge >= 0.3 is 0 Å². The lowest BCUT2D eigenvalue weighted by Gasteiger charge is -2.24. The molecule has 0 bridgehead atoms. The van der Waals surface area contributed by atoms with Crippen LogP contribution in [0.4, 0.5) is 11.4 Å². The maximum Gasteiger partial charge on any atom is 0.260 e. The third-order valence-corrected chi connectivity index (χ3v) is 10.3. The van der Waals surface area contributed by atoms with Crippen molar-refractivity contribution in [3.8, 4) is 11.5 Å². The fourth-order valence-electron chi connectivity index (χ4n) is 6.63. The van der Waals surface area contributed by atoms with Gasteiger partial charge in [-0.15, -0.1) is 0 Å². The van der Waals surface area contributed by atoms with E-state index in [1.807, 2.05) is 39.1 Å². The van der Waals surface area contributed by atoms with Crippen LogP contribution in [0.15, 0.2) is 47.6 Å². The number of nitrogens with one attached hydrogen (secondary N) is 3. The lowest BCUT2D eigenvalue weighted by molar-refractivity contribution is -0.132. The number of methoxy groups -OCH3 is 2. The van der Waals surface area contributed by atoms with Gasteiger partial charge in [-0.3, -0.25) is 24.2 Å². The topological polar surface area (TPSA) is 212 Å². The van der Waals surface area contributed by atoms with Crippen molar-refractivity contribution in [2.45, 2.75) is 58.7 Å². The highest BCUT2D eigenvalue weighted by Gasteiger charge is 2.33. The second-order valence-electron chi connectivity index (χ2n) is 15.5. The summed E-state index contributed by atoms with van der Waals surface area (Å²) in [5, 5.41) is 8.31. The Morgan fingerprint density at radius 2 is 1.18 bits per heavy atom. The van der Waals surface area contributed by atoms with Gasteiger partial charge in [0, 0.05) is 43.6 Å². The number of fused-ring (bicyclic) bond motifs is 2. The normalized spacial score (nSPS) is 15.1. The minimum atomic E-state index is -0.892. The van der Waals surface area contributed by atoms with Crippen LogP contribution in [0.25, 0.3) is 5.57 Å². The number of carbonyl (C=O) groups is 4. The molecule has 2 heterocycles. The van der Waals surface area contributed by atoms with E-state index in [1.54, 1.807) is 42.3 Å². The molecule has 19 nitrogen and oxygen atoms in total. The molecule has 2 aliphatic rings. The predicted octanol–water partition coefficient (Wildman–Crippen LogP) is 3.80. The maximum atomic E-state index is 13.6. The lowest BCUT2D eigenvalue weighted by atomic mass is 10.0. The van der Waals surface area contributed by atoms with Gasteiger partial charge in [0.1, 0.15) is 12.1 Å². The van der Waals surface area contributed by atoms with Crippen LogP contribution in [0, 0.1) is 5.92 Å². The van der Waals surface area contributed by atoms with Crippen molar-refractivity contribution >= 4 is 46.8 Å². The quantitative estimate of drug-likeness (QED) is 0.0853. The number of ether oxygens (including phenoxy) is 10. The molecule has 2 aromatic carbocycles. The van der Waals surface area contributed by atoms with E-state index in [4.69, 9.17) is 47.4 Å². The molecule has 366 valence electrons. The highest BCUT2D eigenvalue weighted by Crippen LogP contribution is 2.39. The number of aliphatic imine (C=N–C) groups is 1. The van der Waals surface area contributed by atoms with E-state index in [2.05, 4.69) is 20.9 Å². The van der Waals surface area contributed by atoms with Crippen molar-refractivity contribution in [3.63, 3.8) is 0 Å². The summed E-state index contributed by atoms with van der Waals surface area (Å²) in [6, 6.07) is 8.57. The number of hydrogen-bond acceptors (Lipinski definition) is 15. The van der Waals surface area contributed by atoms with E-state index in [0.717, 1.165) is 11.1 Å². The van der Waals surface area contributed by atoms with Gasteiger partial charge in [0.15, 0.2) is 11.5 Å². The van der Waals surface area contributed by atoms with Gasteiger partial charge < -0.3 is 68.2 Å². The highest BCUT2D eigenvalue weighted by molar-refractivity contribution is 6.05. The average Bonchev–Trinajstić information content (AvgIpc) is 3.70. The summed E-state index contributed by atoms with van der Waals surface area (Å²) in [4.78, 5) is 58.8. The summed E-state index contributed by atoms with van der Waals surface area (Å²) in [6.07, 6.45) is 4.19. The second-order valence-corrected chi connectivity index (χ2v) is 15.5. The smallest absolute Gasteiger partial charge is 0.260 e. The van der Waals surface area contributed by atoms with E-state index in [0.29, 0.717) is 134 Å². The number of amides is 4. The molecule has 0 fully saturated rings. The van der Waals surface area contributed by atoms with Crippen LogP contribution in [0.2, 0.25) is 0 Å². The molecule has 3 N–H and O–H groups in total. The SMILES string of the molecule is CCOCCOCCOCCOCCOCCOCCOCCOCCC(=O)NC(C(=O)N[C@@H](C)C(=O)Nc1ccc(C2=CN3C(=O)c4cc(OC)c(OC)cc4N=C[C@@H]3C2)cc1)C(C)C. The van der Waals surface area contributed by atoms with Crippen LogP contribution in [0.3, 0.4) is 0 Å². The lowest BCUT2D eigenvalue weighted by Crippen LogP contribution is -2.53. The number of anilines is 1. The van der Waals surface area contributed by atoms with Crippen LogP contribution >= 0.6 is 0 Å². The summed E-state index contributed by atoms with van der Waals surface area (Å²) in [6.45, 7) is 14.4. The van der Waals surface area contributed by atoms with Gasteiger partial charge in [-0.05, 0) is 49.1 Å². The molecule has 3 atom stereocenters. The molecule has 0 saturated carbocycles. The Labute approximate surface area is 388 Å². The Kier molecular flexibility index (Phi) is 24.6. The molecule has 19 heteroatoms. The highest BCUT2D eigenvalue weighted by atomic mass is 16.6. The van der Waals surface area contributed by atoms with E-state index in [-0.39, 0.29) is 36.8 Å². The molecule has 0 saturated heterocycles. The minimum absolute atomic E-state index is 0.0496. The first-order chi connectivity index (χ1) is 32.1. The molecule has 2 aromatic rings. The van der Waals surface area contributed by atoms with E-state index in [1.165, 1.54) is 14.2 Å². The Hall–Kier alpha value is -4.99. The van der Waals surface area contributed by atoms with Gasteiger partial charge in [0.25, 0.3) is 5.91 Å².